The van der Waals surface area contributed by atoms with Crippen molar-refractivity contribution in [1.82, 2.24) is 20.2 Å². The van der Waals surface area contributed by atoms with E-state index in [1.54, 1.807) is 4.68 Å². The number of benzene rings is 2. The Balaban J connectivity index is 1.47. The maximum Gasteiger partial charge on any atom is 0.237 e. The van der Waals surface area contributed by atoms with E-state index in [1.165, 1.54) is 34.9 Å². The van der Waals surface area contributed by atoms with E-state index in [0.717, 1.165) is 29.8 Å². The van der Waals surface area contributed by atoms with Crippen molar-refractivity contribution in [2.45, 2.75) is 50.4 Å². The number of amides is 1. The zero-order valence-electron chi connectivity index (χ0n) is 16.3. The minimum atomic E-state index is -0.330. The van der Waals surface area contributed by atoms with Crippen molar-refractivity contribution in [3.05, 3.63) is 58.7 Å². The summed E-state index contributed by atoms with van der Waals surface area (Å²) in [5, 5.41) is 15.3. The highest BCUT2D eigenvalue weighted by molar-refractivity contribution is 8.00. The van der Waals surface area contributed by atoms with E-state index in [2.05, 4.69) is 46.0 Å². The van der Waals surface area contributed by atoms with E-state index in [-0.39, 0.29) is 11.2 Å². The van der Waals surface area contributed by atoms with E-state index in [9.17, 15) is 4.79 Å². The van der Waals surface area contributed by atoms with Crippen molar-refractivity contribution in [3.8, 4) is 5.69 Å². The van der Waals surface area contributed by atoms with Crippen molar-refractivity contribution in [1.29, 1.82) is 0 Å². The van der Waals surface area contributed by atoms with Gasteiger partial charge in [0.05, 0.1) is 10.9 Å². The number of rotatable bonds is 5. The number of fused-ring (bicyclic) bond motifs is 1. The molecule has 1 aliphatic carbocycles. The Morgan fingerprint density at radius 2 is 1.96 bits per heavy atom. The van der Waals surface area contributed by atoms with Gasteiger partial charge in [0.15, 0.2) is 0 Å². The van der Waals surface area contributed by atoms with Crippen molar-refractivity contribution in [3.63, 3.8) is 0 Å². The molecule has 0 radical (unpaired) electrons. The number of nitrogens with zero attached hydrogens (tertiary/aromatic N) is 4. The summed E-state index contributed by atoms with van der Waals surface area (Å²) in [5.41, 5.74) is 6.79. The van der Waals surface area contributed by atoms with Crippen LogP contribution in [0.15, 0.2) is 41.6 Å². The first-order valence-electron chi connectivity index (χ1n) is 9.46. The summed E-state index contributed by atoms with van der Waals surface area (Å²) < 4.78 is 1.69. The third-order valence-corrected chi connectivity index (χ3v) is 6.07. The molecular weight excluding hydrogens is 370 g/mol. The molecule has 3 aromatic rings. The molecule has 2 aromatic carbocycles. The molecule has 0 unspecified atom stereocenters. The van der Waals surface area contributed by atoms with Crippen LogP contribution in [-0.2, 0) is 17.6 Å². The van der Waals surface area contributed by atoms with Gasteiger partial charge in [-0.15, -0.1) is 5.10 Å². The molecule has 144 valence electrons. The van der Waals surface area contributed by atoms with Crippen LogP contribution in [0.3, 0.4) is 0 Å². The summed E-state index contributed by atoms with van der Waals surface area (Å²) in [7, 11) is 0. The lowest BCUT2D eigenvalue weighted by atomic mass is 10.1. The number of hydrogen-bond acceptors (Lipinski definition) is 5. The second-order valence-electron chi connectivity index (χ2n) is 7.25. The molecule has 28 heavy (non-hydrogen) atoms. The fourth-order valence-corrected chi connectivity index (χ4v) is 4.35. The van der Waals surface area contributed by atoms with Gasteiger partial charge in [-0.1, -0.05) is 35.5 Å². The molecular formula is C21H23N5OS. The third-order valence-electron chi connectivity index (χ3n) is 5.04. The molecule has 4 rings (SSSR count). The minimum absolute atomic E-state index is 0.0573. The Bertz CT molecular complexity index is 1030. The van der Waals surface area contributed by atoms with Crippen LogP contribution in [0, 0.1) is 13.8 Å². The van der Waals surface area contributed by atoms with Gasteiger partial charge in [0, 0.05) is 5.69 Å². The van der Waals surface area contributed by atoms with Gasteiger partial charge in [-0.05, 0) is 85.3 Å². The van der Waals surface area contributed by atoms with Crippen LogP contribution in [0.5, 0.6) is 0 Å². The molecule has 1 atom stereocenters. The number of carbonyl (C=O) groups excluding carboxylic acids is 1. The van der Waals surface area contributed by atoms with Gasteiger partial charge in [0.25, 0.3) is 0 Å². The Labute approximate surface area is 168 Å². The van der Waals surface area contributed by atoms with Crippen molar-refractivity contribution < 1.29 is 4.79 Å². The molecule has 0 bridgehead atoms. The number of nitrogens with one attached hydrogen (secondary N) is 1. The molecule has 0 saturated heterocycles. The monoisotopic (exact) mass is 393 g/mol. The topological polar surface area (TPSA) is 72.7 Å². The average molecular weight is 394 g/mol. The second kappa shape index (κ2) is 7.75. The standard InChI is InChI=1S/C21H23N5OS/c1-13-7-10-19(14(2)11-13)26-21(23-24-25-26)28-15(3)20(27)22-18-9-8-16-5-4-6-17(16)12-18/h7-12,15H,4-6H2,1-3H3,(H,22,27)/t15-/m1/s1. The Morgan fingerprint density at radius 1 is 1.14 bits per heavy atom. The number of carbonyl (C=O) groups is 1. The maximum absolute atomic E-state index is 12.7. The average Bonchev–Trinajstić information content (AvgIpc) is 3.30. The number of hydrogen-bond donors (Lipinski definition) is 1. The van der Waals surface area contributed by atoms with Gasteiger partial charge in [-0.3, -0.25) is 4.79 Å². The molecule has 1 amide bonds. The molecule has 0 aliphatic heterocycles. The number of anilines is 1. The highest BCUT2D eigenvalue weighted by atomic mass is 32.2. The van der Waals surface area contributed by atoms with Crippen molar-refractivity contribution in [2.24, 2.45) is 0 Å². The highest BCUT2D eigenvalue weighted by Crippen LogP contribution is 2.27. The van der Waals surface area contributed by atoms with Crippen LogP contribution in [0.2, 0.25) is 0 Å². The quantitative estimate of drug-likeness (QED) is 0.666. The van der Waals surface area contributed by atoms with E-state index < -0.39 is 0 Å². The SMILES string of the molecule is Cc1ccc(-n2nnnc2S[C@H](C)C(=O)Nc2ccc3c(c2)CCC3)c(C)c1. The minimum Gasteiger partial charge on any atom is -0.325 e. The Kier molecular flexibility index (Phi) is 5.17. The molecule has 0 fully saturated rings. The molecule has 1 N–H and O–H groups in total. The first-order chi connectivity index (χ1) is 13.5. The zero-order chi connectivity index (χ0) is 19.7. The van der Waals surface area contributed by atoms with Crippen LogP contribution < -0.4 is 5.32 Å². The van der Waals surface area contributed by atoms with Crippen LogP contribution >= 0.6 is 11.8 Å². The fourth-order valence-electron chi connectivity index (χ4n) is 3.55. The number of tetrazole rings is 1. The summed E-state index contributed by atoms with van der Waals surface area (Å²) in [6.07, 6.45) is 3.42. The van der Waals surface area contributed by atoms with Gasteiger partial charge in [-0.25, -0.2) is 0 Å². The predicted molar refractivity (Wildman–Crippen MR) is 111 cm³/mol. The highest BCUT2D eigenvalue weighted by Gasteiger charge is 2.20. The lowest BCUT2D eigenvalue weighted by Crippen LogP contribution is -2.23. The second-order valence-corrected chi connectivity index (χ2v) is 8.56. The zero-order valence-corrected chi connectivity index (χ0v) is 17.1. The molecule has 1 heterocycles. The molecule has 0 saturated carbocycles. The maximum atomic E-state index is 12.7. The van der Waals surface area contributed by atoms with Crippen LogP contribution in [0.25, 0.3) is 5.69 Å². The van der Waals surface area contributed by atoms with E-state index >= 15 is 0 Å². The largest absolute Gasteiger partial charge is 0.325 e. The number of aromatic nitrogens is 4. The summed E-state index contributed by atoms with van der Waals surface area (Å²) in [5.74, 6) is -0.0573. The van der Waals surface area contributed by atoms with Gasteiger partial charge < -0.3 is 5.32 Å². The lowest BCUT2D eigenvalue weighted by Gasteiger charge is -2.13. The first kappa shape index (κ1) is 18.7. The van der Waals surface area contributed by atoms with E-state index in [0.29, 0.717) is 5.16 Å². The molecule has 6 nitrogen and oxygen atoms in total. The van der Waals surface area contributed by atoms with Gasteiger partial charge >= 0.3 is 0 Å². The summed E-state index contributed by atoms with van der Waals surface area (Å²) in [6.45, 7) is 5.95. The summed E-state index contributed by atoms with van der Waals surface area (Å²) in [4.78, 5) is 12.7. The first-order valence-corrected chi connectivity index (χ1v) is 10.3. The molecule has 1 aliphatic rings. The smallest absolute Gasteiger partial charge is 0.237 e. The van der Waals surface area contributed by atoms with E-state index in [4.69, 9.17) is 0 Å². The van der Waals surface area contributed by atoms with E-state index in [1.807, 2.05) is 32.0 Å². The van der Waals surface area contributed by atoms with Gasteiger partial charge in [-0.2, -0.15) is 4.68 Å². The fraction of sp³-hybridized carbons (Fsp3) is 0.333. The Morgan fingerprint density at radius 3 is 2.79 bits per heavy atom. The molecule has 1 aromatic heterocycles. The van der Waals surface area contributed by atoms with Gasteiger partial charge in [0.2, 0.25) is 11.1 Å². The summed E-state index contributed by atoms with van der Waals surface area (Å²) in [6, 6.07) is 12.3. The Hall–Kier alpha value is -2.67. The van der Waals surface area contributed by atoms with Crippen molar-refractivity contribution in [2.75, 3.05) is 5.32 Å². The van der Waals surface area contributed by atoms with Crippen LogP contribution in [-0.4, -0.2) is 31.4 Å². The van der Waals surface area contributed by atoms with Crippen molar-refractivity contribution >= 4 is 23.4 Å². The van der Waals surface area contributed by atoms with Crippen LogP contribution in [0.1, 0.15) is 35.6 Å². The molecule has 7 heteroatoms. The number of aryl methyl sites for hydroxylation is 4. The van der Waals surface area contributed by atoms with Crippen LogP contribution in [0.4, 0.5) is 5.69 Å². The predicted octanol–water partition coefficient (Wildman–Crippen LogP) is 3.89. The lowest BCUT2D eigenvalue weighted by molar-refractivity contribution is -0.115. The third kappa shape index (κ3) is 3.80. The molecule has 0 spiro atoms. The number of thioether (sulfide) groups is 1. The normalized spacial score (nSPS) is 14.0. The van der Waals surface area contributed by atoms with Gasteiger partial charge in [0.1, 0.15) is 0 Å². The summed E-state index contributed by atoms with van der Waals surface area (Å²) >= 11 is 1.35.